The van der Waals surface area contributed by atoms with Crippen molar-refractivity contribution in [2.75, 3.05) is 20.2 Å². The van der Waals surface area contributed by atoms with Crippen LogP contribution >= 0.6 is 0 Å². The van der Waals surface area contributed by atoms with E-state index in [4.69, 9.17) is 10.5 Å². The summed E-state index contributed by atoms with van der Waals surface area (Å²) in [5.74, 6) is -4.81. The van der Waals surface area contributed by atoms with Crippen LogP contribution in [0.4, 0.5) is 13.2 Å². The zero-order valence-electron chi connectivity index (χ0n) is 17.5. The van der Waals surface area contributed by atoms with Crippen LogP contribution in [0.5, 0.6) is 0 Å². The maximum Gasteiger partial charge on any atom is 0.325 e. The lowest BCUT2D eigenvalue weighted by Crippen LogP contribution is -2.57. The van der Waals surface area contributed by atoms with Gasteiger partial charge in [-0.05, 0) is 37.0 Å². The smallest absolute Gasteiger partial charge is 0.325 e. The molecule has 10 heteroatoms. The molecule has 7 nitrogen and oxygen atoms in total. The Hall–Kier alpha value is -2.07. The summed E-state index contributed by atoms with van der Waals surface area (Å²) in [4.78, 5) is 31.3. The molecule has 1 aliphatic heterocycles. The third-order valence-electron chi connectivity index (χ3n) is 8.06. The Kier molecular flexibility index (Phi) is 4.51. The second-order valence-electron chi connectivity index (χ2n) is 9.52. The number of rotatable bonds is 3. The summed E-state index contributed by atoms with van der Waals surface area (Å²) in [6.07, 6.45) is 1.62. The van der Waals surface area contributed by atoms with Crippen LogP contribution in [-0.2, 0) is 4.74 Å². The SMILES string of the molecule is COC1=C(F)C(C2CC2)(N2CC3CCC(F)(F)C(N)C3C2)C(C)c2[nH]c(=O)[nH]c(=O)c21. The van der Waals surface area contributed by atoms with Gasteiger partial charge in [-0.15, -0.1) is 0 Å². The van der Waals surface area contributed by atoms with Crippen molar-refractivity contribution in [3.63, 3.8) is 0 Å². The van der Waals surface area contributed by atoms with Crippen LogP contribution in [0.3, 0.4) is 0 Å². The van der Waals surface area contributed by atoms with Crippen LogP contribution in [0.15, 0.2) is 15.4 Å². The summed E-state index contributed by atoms with van der Waals surface area (Å²) >= 11 is 0. The lowest BCUT2D eigenvalue weighted by molar-refractivity contribution is -0.0798. The van der Waals surface area contributed by atoms with Crippen molar-refractivity contribution >= 4 is 5.76 Å². The molecule has 0 radical (unpaired) electrons. The quantitative estimate of drug-likeness (QED) is 0.666. The number of ether oxygens (including phenoxy) is 1. The van der Waals surface area contributed by atoms with Gasteiger partial charge in [-0.2, -0.15) is 0 Å². The van der Waals surface area contributed by atoms with Crippen LogP contribution in [0, 0.1) is 17.8 Å². The lowest BCUT2D eigenvalue weighted by Gasteiger charge is -2.48. The standard InChI is InChI=1S/C21H27F3N4O3/c1-9-14-13(18(29)27-19(30)26-14)15(31-2)16(22)21(9,11-3-4-11)28-7-10-5-6-20(23,24)17(25)12(10)8-28/h9-12,17H,3-8,25H2,1-2H3,(H2,26,27,29,30). The number of likely N-dealkylation sites (tertiary alicyclic amines) is 1. The number of aromatic amines is 2. The molecule has 4 N–H and O–H groups in total. The number of hydrogen-bond donors (Lipinski definition) is 3. The second-order valence-corrected chi connectivity index (χ2v) is 9.52. The largest absolute Gasteiger partial charge is 0.493 e. The van der Waals surface area contributed by atoms with Crippen LogP contribution < -0.4 is 17.0 Å². The topological polar surface area (TPSA) is 104 Å². The number of fused-ring (bicyclic) bond motifs is 2. The van der Waals surface area contributed by atoms with Crippen molar-refractivity contribution in [2.24, 2.45) is 23.5 Å². The minimum absolute atomic E-state index is 0.0109. The first-order valence-corrected chi connectivity index (χ1v) is 10.8. The highest BCUT2D eigenvalue weighted by Gasteiger charge is 2.64. The number of methoxy groups -OCH3 is 1. The molecule has 5 rings (SSSR count). The molecule has 1 aromatic rings. The molecule has 1 aromatic heterocycles. The van der Waals surface area contributed by atoms with Crippen LogP contribution in [0.25, 0.3) is 5.76 Å². The number of H-pyrrole nitrogens is 2. The van der Waals surface area contributed by atoms with Crippen molar-refractivity contribution in [1.82, 2.24) is 14.9 Å². The monoisotopic (exact) mass is 440 g/mol. The van der Waals surface area contributed by atoms with Gasteiger partial charge in [0.05, 0.1) is 18.7 Å². The lowest BCUT2D eigenvalue weighted by atomic mass is 9.71. The van der Waals surface area contributed by atoms with E-state index in [1.54, 1.807) is 6.92 Å². The van der Waals surface area contributed by atoms with Crippen molar-refractivity contribution < 1.29 is 17.9 Å². The van der Waals surface area contributed by atoms with E-state index < -0.39 is 46.4 Å². The Morgan fingerprint density at radius 2 is 1.87 bits per heavy atom. The van der Waals surface area contributed by atoms with E-state index in [1.165, 1.54) is 7.11 Å². The number of hydrogen-bond acceptors (Lipinski definition) is 5. The summed E-state index contributed by atoms with van der Waals surface area (Å²) in [5, 5.41) is 0. The van der Waals surface area contributed by atoms with E-state index in [1.807, 2.05) is 4.90 Å². The van der Waals surface area contributed by atoms with E-state index in [-0.39, 0.29) is 36.1 Å². The van der Waals surface area contributed by atoms with Gasteiger partial charge in [0.15, 0.2) is 11.6 Å². The fraction of sp³-hybridized carbons (Fsp3) is 0.714. The van der Waals surface area contributed by atoms with E-state index in [0.29, 0.717) is 18.7 Å². The number of nitrogens with zero attached hydrogens (tertiary/aromatic N) is 1. The van der Waals surface area contributed by atoms with Gasteiger partial charge in [0, 0.05) is 31.1 Å². The van der Waals surface area contributed by atoms with Gasteiger partial charge in [0.1, 0.15) is 5.56 Å². The van der Waals surface area contributed by atoms with Gasteiger partial charge in [0.2, 0.25) is 0 Å². The summed E-state index contributed by atoms with van der Waals surface area (Å²) < 4.78 is 50.3. The number of alkyl halides is 2. The number of nitrogens with one attached hydrogen (secondary N) is 2. The molecule has 0 spiro atoms. The molecule has 0 aromatic carbocycles. The molecule has 0 amide bonds. The Balaban J connectivity index is 1.66. The van der Waals surface area contributed by atoms with Crippen LogP contribution in [-0.4, -0.2) is 52.6 Å². The molecule has 1 saturated heterocycles. The summed E-state index contributed by atoms with van der Waals surface area (Å²) in [6, 6.07) is -1.27. The molecule has 2 saturated carbocycles. The van der Waals surface area contributed by atoms with Gasteiger partial charge in [-0.1, -0.05) is 6.92 Å². The van der Waals surface area contributed by atoms with E-state index >= 15 is 4.39 Å². The molecule has 2 heterocycles. The molecule has 3 fully saturated rings. The first kappa shape index (κ1) is 20.8. The predicted molar refractivity (Wildman–Crippen MR) is 107 cm³/mol. The highest BCUT2D eigenvalue weighted by Crippen LogP contribution is 2.60. The molecule has 4 aliphatic rings. The fourth-order valence-electron chi connectivity index (χ4n) is 6.44. The Labute approximate surface area is 176 Å². The van der Waals surface area contributed by atoms with Crippen molar-refractivity contribution in [2.45, 2.75) is 56.0 Å². The molecular formula is C21H27F3N4O3. The normalized spacial score (nSPS) is 37.5. The van der Waals surface area contributed by atoms with Crippen molar-refractivity contribution in [3.8, 4) is 0 Å². The first-order chi connectivity index (χ1) is 14.6. The summed E-state index contributed by atoms with van der Waals surface area (Å²) in [7, 11) is 1.29. The minimum atomic E-state index is -2.93. The zero-order chi connectivity index (χ0) is 22.3. The predicted octanol–water partition coefficient (Wildman–Crippen LogP) is 1.92. The number of halogens is 3. The van der Waals surface area contributed by atoms with Gasteiger partial charge >= 0.3 is 5.69 Å². The molecule has 0 bridgehead atoms. The third-order valence-corrected chi connectivity index (χ3v) is 8.06. The molecular weight excluding hydrogens is 413 g/mol. The van der Waals surface area contributed by atoms with E-state index in [9.17, 15) is 18.4 Å². The molecule has 31 heavy (non-hydrogen) atoms. The highest BCUT2D eigenvalue weighted by molar-refractivity contribution is 5.69. The third kappa shape index (κ3) is 2.73. The maximum atomic E-state index is 16.3. The van der Waals surface area contributed by atoms with Crippen LogP contribution in [0.1, 0.15) is 49.8 Å². The van der Waals surface area contributed by atoms with Crippen molar-refractivity contribution in [1.29, 1.82) is 0 Å². The molecule has 5 atom stereocenters. The minimum Gasteiger partial charge on any atom is -0.493 e. The van der Waals surface area contributed by atoms with Crippen molar-refractivity contribution in [3.05, 3.63) is 37.9 Å². The Morgan fingerprint density at radius 3 is 2.52 bits per heavy atom. The average molecular weight is 440 g/mol. The fourth-order valence-corrected chi connectivity index (χ4v) is 6.44. The van der Waals surface area contributed by atoms with Gasteiger partial charge in [-0.3, -0.25) is 14.7 Å². The number of aromatic nitrogens is 2. The van der Waals surface area contributed by atoms with E-state index in [0.717, 1.165) is 12.8 Å². The van der Waals surface area contributed by atoms with E-state index in [2.05, 4.69) is 9.97 Å². The summed E-state index contributed by atoms with van der Waals surface area (Å²) in [6.45, 7) is 2.48. The first-order valence-electron chi connectivity index (χ1n) is 10.8. The second kappa shape index (κ2) is 6.71. The Morgan fingerprint density at radius 1 is 1.16 bits per heavy atom. The van der Waals surface area contributed by atoms with Gasteiger partial charge < -0.3 is 15.5 Å². The average Bonchev–Trinajstić information content (AvgIpc) is 3.46. The van der Waals surface area contributed by atoms with Gasteiger partial charge in [-0.25, -0.2) is 18.0 Å². The maximum absolute atomic E-state index is 16.3. The zero-order valence-corrected chi connectivity index (χ0v) is 17.5. The van der Waals surface area contributed by atoms with Gasteiger partial charge in [0.25, 0.3) is 11.5 Å². The molecule has 170 valence electrons. The highest BCUT2D eigenvalue weighted by atomic mass is 19.3. The summed E-state index contributed by atoms with van der Waals surface area (Å²) in [5.41, 5.74) is 3.73. The molecule has 3 aliphatic carbocycles. The Bertz CT molecular complexity index is 1060. The molecule has 5 unspecified atom stereocenters. The van der Waals surface area contributed by atoms with Crippen LogP contribution in [0.2, 0.25) is 0 Å². The number of nitrogens with two attached hydrogens (primary N) is 1.